The monoisotopic (exact) mass is 499 g/mol. The van der Waals surface area contributed by atoms with Crippen LogP contribution in [0.25, 0.3) is 11.3 Å². The van der Waals surface area contributed by atoms with Crippen molar-refractivity contribution in [1.82, 2.24) is 19.9 Å². The number of piperazine rings is 1. The predicted octanol–water partition coefficient (Wildman–Crippen LogP) is 2.86. The summed E-state index contributed by atoms with van der Waals surface area (Å²) >= 11 is 0. The number of benzene rings is 1. The first kappa shape index (κ1) is 26.1. The molecule has 3 aromatic rings. The van der Waals surface area contributed by atoms with E-state index in [0.29, 0.717) is 17.1 Å². The second-order valence-corrected chi connectivity index (χ2v) is 9.93. The molecule has 0 unspecified atom stereocenters. The summed E-state index contributed by atoms with van der Waals surface area (Å²) in [6.45, 7) is 11.4. The van der Waals surface area contributed by atoms with E-state index < -0.39 is 11.5 Å². The van der Waals surface area contributed by atoms with Crippen LogP contribution in [0.2, 0.25) is 0 Å². The molecule has 1 fully saturated rings. The third-order valence-electron chi connectivity index (χ3n) is 6.14. The van der Waals surface area contributed by atoms with Crippen LogP contribution in [0.1, 0.15) is 41.2 Å². The SMILES string of the molecule is Cc1cc(-c2cnc(N)c(C(=O)Nc3ccnc(C#CC(C)(C)O)c3)n2)cc(C)c1N1CCN(C)CC1. The van der Waals surface area contributed by atoms with Crippen LogP contribution in [0, 0.1) is 25.7 Å². The normalized spacial score (nSPS) is 14.2. The molecule has 37 heavy (non-hydrogen) atoms. The van der Waals surface area contributed by atoms with E-state index in [1.54, 1.807) is 32.2 Å². The van der Waals surface area contributed by atoms with E-state index in [1.165, 1.54) is 11.9 Å². The van der Waals surface area contributed by atoms with Crippen LogP contribution >= 0.6 is 0 Å². The van der Waals surface area contributed by atoms with Crippen molar-refractivity contribution in [2.45, 2.75) is 33.3 Å². The molecular formula is C28H33N7O2. The van der Waals surface area contributed by atoms with Crippen LogP contribution in [0.3, 0.4) is 0 Å². The minimum absolute atomic E-state index is 0.0388. The number of anilines is 3. The highest BCUT2D eigenvalue weighted by Crippen LogP contribution is 2.31. The summed E-state index contributed by atoms with van der Waals surface area (Å²) in [6.07, 6.45) is 3.12. The molecule has 1 saturated heterocycles. The van der Waals surface area contributed by atoms with Crippen molar-refractivity contribution in [1.29, 1.82) is 0 Å². The Kier molecular flexibility index (Phi) is 7.43. The molecule has 0 aliphatic carbocycles. The number of hydrogen-bond acceptors (Lipinski definition) is 8. The lowest BCUT2D eigenvalue weighted by atomic mass is 10.0. The van der Waals surface area contributed by atoms with E-state index in [9.17, 15) is 9.90 Å². The fraction of sp³-hybridized carbons (Fsp3) is 0.357. The molecule has 2 aromatic heterocycles. The Balaban J connectivity index is 1.58. The Morgan fingerprint density at radius 2 is 1.78 bits per heavy atom. The first-order valence-electron chi connectivity index (χ1n) is 12.2. The van der Waals surface area contributed by atoms with Gasteiger partial charge in [-0.2, -0.15) is 0 Å². The van der Waals surface area contributed by atoms with Crippen molar-refractivity contribution in [2.75, 3.05) is 49.2 Å². The second-order valence-electron chi connectivity index (χ2n) is 9.93. The molecule has 0 spiro atoms. The number of hydrogen-bond donors (Lipinski definition) is 3. The number of nitrogens with zero attached hydrogens (tertiary/aromatic N) is 5. The first-order valence-corrected chi connectivity index (χ1v) is 12.2. The van der Waals surface area contributed by atoms with Gasteiger partial charge in [0.15, 0.2) is 11.5 Å². The number of aryl methyl sites for hydroxylation is 2. The van der Waals surface area contributed by atoms with E-state index in [1.807, 2.05) is 0 Å². The van der Waals surface area contributed by atoms with Gasteiger partial charge in [-0.1, -0.05) is 5.92 Å². The molecule has 1 aliphatic rings. The third kappa shape index (κ3) is 6.42. The van der Waals surface area contributed by atoms with Crippen LogP contribution in [0.5, 0.6) is 0 Å². The zero-order chi connectivity index (χ0) is 26.7. The van der Waals surface area contributed by atoms with Crippen molar-refractivity contribution >= 4 is 23.1 Å². The molecule has 0 atom stereocenters. The van der Waals surface area contributed by atoms with Gasteiger partial charge in [0.05, 0.1) is 11.9 Å². The summed E-state index contributed by atoms with van der Waals surface area (Å²) in [5.41, 5.74) is 10.8. The molecule has 3 heterocycles. The molecule has 4 rings (SSSR count). The summed E-state index contributed by atoms with van der Waals surface area (Å²) < 4.78 is 0. The maximum absolute atomic E-state index is 13.1. The van der Waals surface area contributed by atoms with E-state index >= 15 is 0 Å². The van der Waals surface area contributed by atoms with E-state index in [2.05, 4.69) is 74.9 Å². The van der Waals surface area contributed by atoms with Crippen LogP contribution < -0.4 is 16.0 Å². The lowest BCUT2D eigenvalue weighted by Gasteiger charge is -2.36. The van der Waals surface area contributed by atoms with Gasteiger partial charge in [-0.05, 0) is 76.1 Å². The number of nitrogens with two attached hydrogens (primary N) is 1. The molecular weight excluding hydrogens is 466 g/mol. The number of aromatic nitrogens is 3. The quantitative estimate of drug-likeness (QED) is 0.469. The number of aliphatic hydroxyl groups is 1. The van der Waals surface area contributed by atoms with Gasteiger partial charge in [-0.25, -0.2) is 15.0 Å². The van der Waals surface area contributed by atoms with Crippen molar-refractivity contribution in [3.63, 3.8) is 0 Å². The zero-order valence-electron chi connectivity index (χ0n) is 22.0. The number of nitrogens with one attached hydrogen (secondary N) is 1. The Morgan fingerprint density at radius 1 is 1.11 bits per heavy atom. The number of carbonyl (C=O) groups is 1. The smallest absolute Gasteiger partial charge is 0.278 e. The van der Waals surface area contributed by atoms with E-state index in [4.69, 9.17) is 5.73 Å². The fourth-order valence-electron chi connectivity index (χ4n) is 4.32. The number of carbonyl (C=O) groups excluding carboxylic acids is 1. The Labute approximate surface area is 217 Å². The van der Waals surface area contributed by atoms with Gasteiger partial charge >= 0.3 is 0 Å². The molecule has 9 nitrogen and oxygen atoms in total. The lowest BCUT2D eigenvalue weighted by molar-refractivity contribution is 0.102. The largest absolute Gasteiger partial charge is 0.382 e. The average Bonchev–Trinajstić information content (AvgIpc) is 2.83. The highest BCUT2D eigenvalue weighted by Gasteiger charge is 2.20. The second kappa shape index (κ2) is 10.5. The number of likely N-dealkylation sites (N-methyl/N-ethyl adjacent to an activating group) is 1. The molecule has 1 amide bonds. The van der Waals surface area contributed by atoms with Gasteiger partial charge in [0.2, 0.25) is 0 Å². The lowest BCUT2D eigenvalue weighted by Crippen LogP contribution is -2.45. The highest BCUT2D eigenvalue weighted by atomic mass is 16.3. The Hall–Kier alpha value is -4.00. The topological polar surface area (TPSA) is 120 Å². The number of amides is 1. The highest BCUT2D eigenvalue weighted by molar-refractivity contribution is 6.06. The van der Waals surface area contributed by atoms with Crippen LogP contribution in [-0.2, 0) is 0 Å². The molecule has 0 saturated carbocycles. The van der Waals surface area contributed by atoms with Crippen LogP contribution in [0.15, 0.2) is 36.7 Å². The van der Waals surface area contributed by atoms with Crippen molar-refractivity contribution in [3.05, 3.63) is 59.2 Å². The standard InChI is InChI=1S/C28H33N7O2/c1-18-14-20(15-19(2)25(18)35-12-10-34(5)11-13-35)23-17-31-26(29)24(33-23)27(36)32-22-7-9-30-21(16-22)6-8-28(3,4)37/h7,9,14-17,37H,10-13H2,1-5H3,(H2,29,31)(H,30,32,36). The summed E-state index contributed by atoms with van der Waals surface area (Å²) in [6, 6.07) is 7.43. The van der Waals surface area contributed by atoms with Crippen molar-refractivity contribution < 1.29 is 9.90 Å². The fourth-order valence-corrected chi connectivity index (χ4v) is 4.32. The van der Waals surface area contributed by atoms with Gasteiger partial charge in [-0.15, -0.1) is 0 Å². The number of pyridine rings is 1. The average molecular weight is 500 g/mol. The maximum Gasteiger partial charge on any atom is 0.278 e. The first-order chi connectivity index (χ1) is 17.5. The van der Waals surface area contributed by atoms with Gasteiger partial charge in [0.1, 0.15) is 11.3 Å². The van der Waals surface area contributed by atoms with Gasteiger partial charge in [-0.3, -0.25) is 4.79 Å². The van der Waals surface area contributed by atoms with Crippen LogP contribution in [-0.4, -0.2) is 69.7 Å². The molecule has 4 N–H and O–H groups in total. The summed E-state index contributed by atoms with van der Waals surface area (Å²) in [4.78, 5) is 30.8. The van der Waals surface area contributed by atoms with Gasteiger partial charge < -0.3 is 26.0 Å². The van der Waals surface area contributed by atoms with Crippen molar-refractivity contribution in [3.8, 4) is 23.1 Å². The predicted molar refractivity (Wildman–Crippen MR) is 146 cm³/mol. The third-order valence-corrected chi connectivity index (χ3v) is 6.14. The minimum atomic E-state index is -1.15. The van der Waals surface area contributed by atoms with E-state index in [-0.39, 0.29) is 11.5 Å². The van der Waals surface area contributed by atoms with Crippen molar-refractivity contribution in [2.24, 2.45) is 0 Å². The Bertz CT molecular complexity index is 1350. The summed E-state index contributed by atoms with van der Waals surface area (Å²) in [7, 11) is 2.15. The summed E-state index contributed by atoms with van der Waals surface area (Å²) in [5.74, 6) is 5.06. The van der Waals surface area contributed by atoms with Gasteiger partial charge in [0.25, 0.3) is 5.91 Å². The number of rotatable bonds is 4. The molecule has 0 radical (unpaired) electrons. The molecule has 1 aromatic carbocycles. The van der Waals surface area contributed by atoms with E-state index in [0.717, 1.165) is 42.9 Å². The Morgan fingerprint density at radius 3 is 2.43 bits per heavy atom. The minimum Gasteiger partial charge on any atom is -0.382 e. The summed E-state index contributed by atoms with van der Waals surface area (Å²) in [5, 5.41) is 12.6. The molecule has 9 heteroatoms. The molecule has 1 aliphatic heterocycles. The maximum atomic E-state index is 13.1. The van der Waals surface area contributed by atoms with Crippen LogP contribution in [0.4, 0.5) is 17.2 Å². The molecule has 192 valence electrons. The zero-order valence-corrected chi connectivity index (χ0v) is 22.0. The van der Waals surface area contributed by atoms with Gasteiger partial charge in [0, 0.05) is 49.3 Å². The molecule has 0 bridgehead atoms. The number of nitrogen functional groups attached to an aromatic ring is 1.